The molecule has 178 valence electrons. The predicted octanol–water partition coefficient (Wildman–Crippen LogP) is 5.82. The Balaban J connectivity index is 1.40. The van der Waals surface area contributed by atoms with Crippen LogP contribution < -0.4 is 25.4 Å². The first-order valence-electron chi connectivity index (χ1n) is 11.1. The summed E-state index contributed by atoms with van der Waals surface area (Å²) in [5.41, 5.74) is 2.33. The number of nitrogens with one attached hydrogen (secondary N) is 3. The number of carbonyl (C=O) groups is 2. The van der Waals surface area contributed by atoms with Crippen LogP contribution in [0.1, 0.15) is 24.2 Å². The number of hydrogen-bond donors (Lipinski definition) is 3. The molecule has 0 aliphatic carbocycles. The van der Waals surface area contributed by atoms with Crippen LogP contribution in [0.25, 0.3) is 10.9 Å². The van der Waals surface area contributed by atoms with Gasteiger partial charge in [-0.1, -0.05) is 24.3 Å². The molecule has 35 heavy (non-hydrogen) atoms. The van der Waals surface area contributed by atoms with E-state index < -0.39 is 6.03 Å². The molecule has 0 bridgehead atoms. The van der Waals surface area contributed by atoms with Crippen LogP contribution in [0.4, 0.5) is 16.2 Å². The summed E-state index contributed by atoms with van der Waals surface area (Å²) in [5, 5.41) is 9.30. The van der Waals surface area contributed by atoms with E-state index in [1.165, 1.54) is 7.11 Å². The summed E-state index contributed by atoms with van der Waals surface area (Å²) in [5.74, 6) is 1.27. The van der Waals surface area contributed by atoms with Crippen molar-refractivity contribution >= 4 is 34.2 Å². The number of urea groups is 1. The van der Waals surface area contributed by atoms with Gasteiger partial charge in [0, 0.05) is 22.7 Å². The molecule has 0 aliphatic rings. The molecule has 0 saturated heterocycles. The van der Waals surface area contributed by atoms with Crippen LogP contribution >= 0.6 is 0 Å². The topological polar surface area (TPSA) is 102 Å². The van der Waals surface area contributed by atoms with Crippen molar-refractivity contribution < 1.29 is 19.1 Å². The summed E-state index contributed by atoms with van der Waals surface area (Å²) >= 11 is 0. The Bertz CT molecular complexity index is 1350. The van der Waals surface area contributed by atoms with E-state index in [0.29, 0.717) is 34.3 Å². The minimum Gasteiger partial charge on any atom is -0.479 e. The van der Waals surface area contributed by atoms with Gasteiger partial charge in [-0.3, -0.25) is 4.79 Å². The lowest BCUT2D eigenvalue weighted by Gasteiger charge is -2.12. The molecule has 3 N–H and O–H groups in total. The fraction of sp³-hybridized carbons (Fsp3) is 0.148. The number of para-hydroxylation sites is 1. The Morgan fingerprint density at radius 3 is 2.37 bits per heavy atom. The Morgan fingerprint density at radius 1 is 0.857 bits per heavy atom. The molecule has 0 aliphatic heterocycles. The van der Waals surface area contributed by atoms with Crippen LogP contribution in [0.2, 0.25) is 0 Å². The number of anilines is 2. The maximum atomic E-state index is 12.6. The largest absolute Gasteiger partial charge is 0.479 e. The molecule has 4 rings (SSSR count). The standard InChI is InChI=1S/C27H26N4O4/c1-17(2)28-25(32)19-8-6-9-22(15-19)35-21-13-11-20(12-14-21)29-27(33)31-24-16-18-7-4-5-10-23(18)30-26(24)34-3/h4-17H,1-3H3,(H,28,32)(H2,29,31,33). The monoisotopic (exact) mass is 470 g/mol. The molecule has 3 aromatic carbocycles. The summed E-state index contributed by atoms with van der Waals surface area (Å²) in [7, 11) is 1.51. The zero-order valence-electron chi connectivity index (χ0n) is 19.7. The Kier molecular flexibility index (Phi) is 7.11. The van der Waals surface area contributed by atoms with Gasteiger partial charge in [0.25, 0.3) is 5.91 Å². The van der Waals surface area contributed by atoms with E-state index in [2.05, 4.69) is 20.9 Å². The van der Waals surface area contributed by atoms with E-state index in [1.54, 1.807) is 48.5 Å². The van der Waals surface area contributed by atoms with Crippen molar-refractivity contribution in [3.8, 4) is 17.4 Å². The molecule has 3 amide bonds. The van der Waals surface area contributed by atoms with Gasteiger partial charge in [-0.25, -0.2) is 9.78 Å². The van der Waals surface area contributed by atoms with Gasteiger partial charge < -0.3 is 25.4 Å². The van der Waals surface area contributed by atoms with Gasteiger partial charge in [0.1, 0.15) is 17.2 Å². The molecular weight excluding hydrogens is 444 g/mol. The number of benzene rings is 3. The van der Waals surface area contributed by atoms with Gasteiger partial charge in [0.05, 0.1) is 12.6 Å². The van der Waals surface area contributed by atoms with Crippen LogP contribution in [0, 0.1) is 0 Å². The summed E-state index contributed by atoms with van der Waals surface area (Å²) in [6.45, 7) is 3.81. The maximum absolute atomic E-state index is 12.6. The van der Waals surface area contributed by atoms with Crippen molar-refractivity contribution in [2.24, 2.45) is 0 Å². The molecule has 1 aromatic heterocycles. The second-order valence-corrected chi connectivity index (χ2v) is 8.10. The second kappa shape index (κ2) is 10.6. The fourth-order valence-corrected chi connectivity index (χ4v) is 3.42. The molecule has 0 atom stereocenters. The van der Waals surface area contributed by atoms with E-state index >= 15 is 0 Å². The number of carbonyl (C=O) groups excluding carboxylic acids is 2. The SMILES string of the molecule is COc1nc2ccccc2cc1NC(=O)Nc1ccc(Oc2cccc(C(=O)NC(C)C)c2)cc1. The Morgan fingerprint density at radius 2 is 1.63 bits per heavy atom. The molecule has 1 heterocycles. The molecule has 0 spiro atoms. The third kappa shape index (κ3) is 6.05. The van der Waals surface area contributed by atoms with Crippen molar-refractivity contribution in [3.63, 3.8) is 0 Å². The number of fused-ring (bicyclic) bond motifs is 1. The fourth-order valence-electron chi connectivity index (χ4n) is 3.42. The summed E-state index contributed by atoms with van der Waals surface area (Å²) in [4.78, 5) is 29.2. The van der Waals surface area contributed by atoms with E-state index in [1.807, 2.05) is 44.2 Å². The first kappa shape index (κ1) is 23.6. The highest BCUT2D eigenvalue weighted by Crippen LogP contribution is 2.27. The van der Waals surface area contributed by atoms with Crippen LogP contribution in [0.3, 0.4) is 0 Å². The summed E-state index contributed by atoms with van der Waals surface area (Å²) in [6.07, 6.45) is 0. The minimum atomic E-state index is -0.432. The van der Waals surface area contributed by atoms with E-state index in [4.69, 9.17) is 9.47 Å². The van der Waals surface area contributed by atoms with Crippen LogP contribution in [-0.2, 0) is 0 Å². The first-order chi connectivity index (χ1) is 16.9. The maximum Gasteiger partial charge on any atom is 0.323 e. The smallest absolute Gasteiger partial charge is 0.323 e. The van der Waals surface area contributed by atoms with Gasteiger partial charge in [-0.2, -0.15) is 0 Å². The summed E-state index contributed by atoms with van der Waals surface area (Å²) in [6, 6.07) is 22.9. The lowest BCUT2D eigenvalue weighted by atomic mass is 10.2. The highest BCUT2D eigenvalue weighted by Gasteiger charge is 2.12. The first-order valence-corrected chi connectivity index (χ1v) is 11.1. The van der Waals surface area contributed by atoms with Gasteiger partial charge in [0.2, 0.25) is 5.88 Å². The number of nitrogens with zero attached hydrogens (tertiary/aromatic N) is 1. The normalized spacial score (nSPS) is 10.6. The molecule has 4 aromatic rings. The molecule has 0 unspecified atom stereocenters. The molecular formula is C27H26N4O4. The molecule has 0 radical (unpaired) electrons. The highest BCUT2D eigenvalue weighted by molar-refractivity contribution is 6.01. The lowest BCUT2D eigenvalue weighted by molar-refractivity contribution is 0.0942. The third-order valence-corrected chi connectivity index (χ3v) is 4.99. The summed E-state index contributed by atoms with van der Waals surface area (Å²) < 4.78 is 11.2. The Hall–Kier alpha value is -4.59. The molecule has 8 nitrogen and oxygen atoms in total. The molecule has 8 heteroatoms. The van der Waals surface area contributed by atoms with Crippen LogP contribution in [0.15, 0.2) is 78.9 Å². The van der Waals surface area contributed by atoms with E-state index in [-0.39, 0.29) is 11.9 Å². The van der Waals surface area contributed by atoms with Crippen molar-refractivity contribution in [3.05, 3.63) is 84.4 Å². The number of hydrogen-bond acceptors (Lipinski definition) is 5. The minimum absolute atomic E-state index is 0.0444. The highest BCUT2D eigenvalue weighted by atomic mass is 16.5. The third-order valence-electron chi connectivity index (χ3n) is 4.99. The van der Waals surface area contributed by atoms with Crippen LogP contribution in [-0.4, -0.2) is 30.1 Å². The van der Waals surface area contributed by atoms with Crippen LogP contribution in [0.5, 0.6) is 17.4 Å². The van der Waals surface area contributed by atoms with E-state index in [9.17, 15) is 9.59 Å². The van der Waals surface area contributed by atoms with Gasteiger partial charge >= 0.3 is 6.03 Å². The zero-order valence-corrected chi connectivity index (χ0v) is 19.7. The number of aromatic nitrogens is 1. The zero-order chi connectivity index (χ0) is 24.8. The quantitative estimate of drug-likeness (QED) is 0.316. The number of amides is 3. The van der Waals surface area contributed by atoms with Crippen molar-refractivity contribution in [1.29, 1.82) is 0 Å². The Labute approximate surface area is 203 Å². The number of pyridine rings is 1. The van der Waals surface area contributed by atoms with Gasteiger partial charge in [-0.15, -0.1) is 0 Å². The molecule has 0 saturated carbocycles. The second-order valence-electron chi connectivity index (χ2n) is 8.10. The average molecular weight is 471 g/mol. The average Bonchev–Trinajstić information content (AvgIpc) is 2.84. The lowest BCUT2D eigenvalue weighted by Crippen LogP contribution is -2.29. The number of methoxy groups -OCH3 is 1. The van der Waals surface area contributed by atoms with Crippen molar-refractivity contribution in [2.45, 2.75) is 19.9 Å². The van der Waals surface area contributed by atoms with Crippen molar-refractivity contribution in [1.82, 2.24) is 10.3 Å². The van der Waals surface area contributed by atoms with Crippen molar-refractivity contribution in [2.75, 3.05) is 17.7 Å². The predicted molar refractivity (Wildman–Crippen MR) is 136 cm³/mol. The van der Waals surface area contributed by atoms with Gasteiger partial charge in [-0.05, 0) is 68.4 Å². The molecule has 0 fully saturated rings. The number of ether oxygens (including phenoxy) is 2. The van der Waals surface area contributed by atoms with E-state index in [0.717, 1.165) is 10.9 Å². The van der Waals surface area contributed by atoms with Gasteiger partial charge in [0.15, 0.2) is 0 Å². The number of rotatable bonds is 7.